The third-order valence-electron chi connectivity index (χ3n) is 5.81. The molecule has 1 amide bonds. The lowest BCUT2D eigenvalue weighted by molar-refractivity contribution is 0.0123. The van der Waals surface area contributed by atoms with E-state index in [9.17, 15) is 9.00 Å². The molecule has 3 aromatic rings. The number of thiophene rings is 1. The number of pyridine rings is 1. The van der Waals surface area contributed by atoms with E-state index in [0.29, 0.717) is 23.4 Å². The molecule has 8 nitrogen and oxygen atoms in total. The van der Waals surface area contributed by atoms with Crippen LogP contribution in [0.25, 0.3) is 20.3 Å². The minimum atomic E-state index is -1.33. The molecule has 0 aliphatic carbocycles. The Morgan fingerprint density at radius 2 is 1.94 bits per heavy atom. The Labute approximate surface area is 197 Å². The first-order chi connectivity index (χ1) is 15.1. The summed E-state index contributed by atoms with van der Waals surface area (Å²) in [6, 6.07) is 2.00. The van der Waals surface area contributed by atoms with Crippen LogP contribution in [0.3, 0.4) is 0 Å². The number of ether oxygens (including phenoxy) is 1. The van der Waals surface area contributed by atoms with Crippen LogP contribution in [-0.2, 0) is 15.5 Å². The number of anilines is 1. The van der Waals surface area contributed by atoms with Crippen LogP contribution < -0.4 is 4.90 Å². The number of rotatable bonds is 2. The summed E-state index contributed by atoms with van der Waals surface area (Å²) in [6.07, 6.45) is 4.84. The molecule has 3 unspecified atom stereocenters. The van der Waals surface area contributed by atoms with Crippen LogP contribution in [0.1, 0.15) is 33.6 Å². The summed E-state index contributed by atoms with van der Waals surface area (Å²) in [5, 5.41) is 2.56. The molecule has 0 radical (unpaired) electrons. The van der Waals surface area contributed by atoms with Gasteiger partial charge >= 0.3 is 6.09 Å². The van der Waals surface area contributed by atoms with Gasteiger partial charge < -0.3 is 9.64 Å². The summed E-state index contributed by atoms with van der Waals surface area (Å²) >= 11 is 7.79. The van der Waals surface area contributed by atoms with E-state index in [1.54, 1.807) is 12.5 Å². The molecule has 11 heteroatoms. The van der Waals surface area contributed by atoms with Gasteiger partial charge in [-0.1, -0.05) is 11.6 Å². The predicted octanol–water partition coefficient (Wildman–Crippen LogP) is 4.22. The van der Waals surface area contributed by atoms with Gasteiger partial charge in [-0.25, -0.2) is 19.7 Å². The molecule has 0 aromatic carbocycles. The number of carbonyl (C=O) groups excluding carboxylic acids is 1. The van der Waals surface area contributed by atoms with Gasteiger partial charge in [-0.15, -0.1) is 11.3 Å². The number of hydrogen-bond acceptors (Lipinski definition) is 8. The topological polar surface area (TPSA) is 88.5 Å². The Morgan fingerprint density at radius 3 is 2.56 bits per heavy atom. The SMILES string of the molecule is CS(=O)c1nc(N2CC3CCC(C2)N3C(=O)OC(C)(C)C)c2c(n1)sc1c(Cl)nccc12. The molecule has 2 fully saturated rings. The molecular weight excluding hydrogens is 470 g/mol. The van der Waals surface area contributed by atoms with E-state index in [1.807, 2.05) is 31.7 Å². The standard InChI is InChI=1S/C21H24ClN5O3S2/c1-21(2,3)30-20(28)27-11-5-6-12(27)10-26(9-11)17-14-13-7-8-23-16(22)15(13)31-18(14)25-19(24-17)32(4)29/h7-8,11-12H,5-6,9-10H2,1-4H3. The summed E-state index contributed by atoms with van der Waals surface area (Å²) in [6.45, 7) is 6.92. The van der Waals surface area contributed by atoms with E-state index in [0.717, 1.165) is 39.0 Å². The number of fused-ring (bicyclic) bond motifs is 5. The van der Waals surface area contributed by atoms with Crippen molar-refractivity contribution in [2.75, 3.05) is 24.2 Å². The van der Waals surface area contributed by atoms with Crippen molar-refractivity contribution in [3.8, 4) is 0 Å². The second-order valence-electron chi connectivity index (χ2n) is 9.22. The number of nitrogens with zero attached hydrogens (tertiary/aromatic N) is 5. The third-order valence-corrected chi connectivity index (χ3v) is 8.01. The molecule has 170 valence electrons. The molecule has 2 aliphatic rings. The highest BCUT2D eigenvalue weighted by Gasteiger charge is 2.45. The lowest BCUT2D eigenvalue weighted by Crippen LogP contribution is -2.57. The first-order valence-corrected chi connectivity index (χ1v) is 13.2. The second kappa shape index (κ2) is 7.78. The number of aromatic nitrogens is 3. The van der Waals surface area contributed by atoms with Crippen molar-refractivity contribution < 1.29 is 13.7 Å². The van der Waals surface area contributed by atoms with Crippen LogP contribution in [0, 0.1) is 0 Å². The Hall–Kier alpha value is -2.04. The maximum Gasteiger partial charge on any atom is 0.410 e. The number of hydrogen-bond donors (Lipinski definition) is 0. The fourth-order valence-electron chi connectivity index (χ4n) is 4.58. The number of piperazine rings is 1. The Kier molecular flexibility index (Phi) is 5.29. The van der Waals surface area contributed by atoms with Gasteiger partial charge in [-0.3, -0.25) is 9.11 Å². The van der Waals surface area contributed by atoms with Crippen LogP contribution in [0.4, 0.5) is 10.6 Å². The molecular formula is C21H24ClN5O3S2. The van der Waals surface area contributed by atoms with Gasteiger partial charge in [0.05, 0.1) is 33.0 Å². The highest BCUT2D eigenvalue weighted by atomic mass is 35.5. The molecule has 0 N–H and O–H groups in total. The van der Waals surface area contributed by atoms with Crippen LogP contribution in [0.2, 0.25) is 5.15 Å². The third kappa shape index (κ3) is 3.72. The molecule has 2 aliphatic heterocycles. The van der Waals surface area contributed by atoms with E-state index >= 15 is 0 Å². The maximum absolute atomic E-state index is 12.8. The highest BCUT2D eigenvalue weighted by molar-refractivity contribution is 7.84. The molecule has 2 saturated heterocycles. The molecule has 2 bridgehead atoms. The number of amides is 1. The second-order valence-corrected chi connectivity index (χ2v) is 11.9. The number of carbonyl (C=O) groups is 1. The van der Waals surface area contributed by atoms with Crippen LogP contribution in [0.5, 0.6) is 0 Å². The highest BCUT2D eigenvalue weighted by Crippen LogP contribution is 2.42. The van der Waals surface area contributed by atoms with E-state index in [1.165, 1.54) is 11.3 Å². The van der Waals surface area contributed by atoms with Gasteiger partial charge in [-0.2, -0.15) is 0 Å². The zero-order valence-corrected chi connectivity index (χ0v) is 20.7. The normalized spacial score (nSPS) is 22.0. The Balaban J connectivity index is 1.57. The van der Waals surface area contributed by atoms with Gasteiger partial charge in [0.2, 0.25) is 5.16 Å². The molecule has 5 rings (SSSR count). The monoisotopic (exact) mass is 493 g/mol. The molecule has 5 heterocycles. The molecule has 3 atom stereocenters. The van der Waals surface area contributed by atoms with Crippen molar-refractivity contribution >= 4 is 66.0 Å². The van der Waals surface area contributed by atoms with E-state index in [4.69, 9.17) is 21.3 Å². The molecule has 32 heavy (non-hydrogen) atoms. The lowest BCUT2D eigenvalue weighted by atomic mass is 10.1. The Bertz CT molecular complexity index is 1240. The van der Waals surface area contributed by atoms with Crippen molar-refractivity contribution in [2.45, 2.75) is 56.5 Å². The Morgan fingerprint density at radius 1 is 1.25 bits per heavy atom. The van der Waals surface area contributed by atoms with Crippen LogP contribution in [-0.4, -0.2) is 67.2 Å². The van der Waals surface area contributed by atoms with Crippen molar-refractivity contribution in [3.05, 3.63) is 17.4 Å². The van der Waals surface area contributed by atoms with E-state index in [-0.39, 0.29) is 18.2 Å². The zero-order chi connectivity index (χ0) is 22.8. The van der Waals surface area contributed by atoms with Crippen molar-refractivity contribution in [2.24, 2.45) is 0 Å². The van der Waals surface area contributed by atoms with Crippen molar-refractivity contribution in [3.63, 3.8) is 0 Å². The molecule has 3 aromatic heterocycles. The first-order valence-electron chi connectivity index (χ1n) is 10.5. The summed E-state index contributed by atoms with van der Waals surface area (Å²) in [5.41, 5.74) is -0.532. The zero-order valence-electron chi connectivity index (χ0n) is 18.3. The minimum Gasteiger partial charge on any atom is -0.444 e. The molecule has 0 saturated carbocycles. The lowest BCUT2D eigenvalue weighted by Gasteiger charge is -2.42. The maximum atomic E-state index is 12.8. The van der Waals surface area contributed by atoms with Gasteiger partial charge in [0.15, 0.2) is 0 Å². The average Bonchev–Trinajstić information content (AvgIpc) is 3.21. The van der Waals surface area contributed by atoms with Crippen molar-refractivity contribution in [1.29, 1.82) is 0 Å². The van der Waals surface area contributed by atoms with Gasteiger partial charge in [-0.05, 0) is 39.7 Å². The minimum absolute atomic E-state index is 0.0411. The summed E-state index contributed by atoms with van der Waals surface area (Å²) < 4.78 is 18.8. The van der Waals surface area contributed by atoms with Crippen molar-refractivity contribution in [1.82, 2.24) is 19.9 Å². The fourth-order valence-corrected chi connectivity index (χ4v) is 6.39. The smallest absolute Gasteiger partial charge is 0.410 e. The average molecular weight is 494 g/mol. The largest absolute Gasteiger partial charge is 0.444 e. The van der Waals surface area contributed by atoms with E-state index in [2.05, 4.69) is 14.9 Å². The first kappa shape index (κ1) is 21.8. The predicted molar refractivity (Wildman–Crippen MR) is 127 cm³/mol. The van der Waals surface area contributed by atoms with Crippen LogP contribution in [0.15, 0.2) is 17.4 Å². The van der Waals surface area contributed by atoms with Gasteiger partial charge in [0, 0.05) is 30.9 Å². The van der Waals surface area contributed by atoms with Crippen LogP contribution >= 0.6 is 22.9 Å². The van der Waals surface area contributed by atoms with E-state index < -0.39 is 16.4 Å². The van der Waals surface area contributed by atoms with Gasteiger partial charge in [0.1, 0.15) is 21.4 Å². The summed E-state index contributed by atoms with van der Waals surface area (Å²) in [4.78, 5) is 31.2. The number of halogens is 1. The summed E-state index contributed by atoms with van der Waals surface area (Å²) in [5.74, 6) is 0.745. The van der Waals surface area contributed by atoms with Gasteiger partial charge in [0.25, 0.3) is 0 Å². The molecule has 0 spiro atoms. The summed E-state index contributed by atoms with van der Waals surface area (Å²) in [7, 11) is -1.33. The fraction of sp³-hybridized carbons (Fsp3) is 0.524. The quantitative estimate of drug-likeness (QED) is 0.390.